The summed E-state index contributed by atoms with van der Waals surface area (Å²) >= 11 is 1.18. The quantitative estimate of drug-likeness (QED) is 0.432. The van der Waals surface area contributed by atoms with Gasteiger partial charge in [-0.1, -0.05) is 44.2 Å². The topological polar surface area (TPSA) is 87.1 Å². The maximum atomic E-state index is 14.9. The lowest BCUT2D eigenvalue weighted by molar-refractivity contribution is -0.0930. The molecule has 2 heterocycles. The highest BCUT2D eigenvalue weighted by Gasteiger charge is 2.39. The van der Waals surface area contributed by atoms with E-state index in [1.807, 2.05) is 13.8 Å². The molecule has 1 amide bonds. The van der Waals surface area contributed by atoms with Gasteiger partial charge in [-0.15, -0.1) is 11.3 Å². The first-order valence-corrected chi connectivity index (χ1v) is 12.0. The Kier molecular flexibility index (Phi) is 8.43. The molecule has 34 heavy (non-hydrogen) atoms. The van der Waals surface area contributed by atoms with E-state index in [2.05, 4.69) is 0 Å². The number of carboxylic acid groups (broad SMARTS) is 1. The molecule has 0 radical (unpaired) electrons. The fourth-order valence-corrected chi connectivity index (χ4v) is 4.67. The summed E-state index contributed by atoms with van der Waals surface area (Å²) in [6.45, 7) is 4.30. The summed E-state index contributed by atoms with van der Waals surface area (Å²) in [5.41, 5.74) is 0.503. The molecule has 0 saturated carbocycles. The number of carbonyl (C=O) groups excluding carboxylic acids is 1. The van der Waals surface area contributed by atoms with Crippen LogP contribution in [0.2, 0.25) is 0 Å². The molecule has 0 spiro atoms. The van der Waals surface area contributed by atoms with Gasteiger partial charge >= 0.3 is 18.0 Å². The van der Waals surface area contributed by atoms with Gasteiger partial charge in [0, 0.05) is 23.4 Å². The van der Waals surface area contributed by atoms with E-state index in [0.717, 1.165) is 16.5 Å². The highest BCUT2D eigenvalue weighted by Crippen LogP contribution is 2.34. The molecule has 184 valence electrons. The zero-order valence-corrected chi connectivity index (χ0v) is 19.9. The van der Waals surface area contributed by atoms with Crippen LogP contribution in [0.3, 0.4) is 0 Å². The number of ether oxygens (including phenoxy) is 1. The number of thiophene rings is 1. The number of hydrogen-bond donors (Lipinski definition) is 2. The van der Waals surface area contributed by atoms with Crippen LogP contribution in [0.25, 0.3) is 0 Å². The normalized spacial score (nSPS) is 17.9. The first kappa shape index (κ1) is 25.8. The third-order valence-corrected chi connectivity index (χ3v) is 6.93. The standard InChI is InChI=1S/C25H29F2NO5S/c1-16(2)17-5-3-6-18(15-17)25(26,27)22(29)11-8-19-12-14-33-24(32)28(19)13-4-7-20-9-10-21(34-20)23(30)31/h3,5-6,8-11,15-16,19,22,29H,4,7,12-14H2,1-2H3,(H,30,31)/t19-,22?/m0/s1. The minimum Gasteiger partial charge on any atom is -0.477 e. The number of carboxylic acids is 1. The van der Waals surface area contributed by atoms with Crippen LogP contribution in [-0.4, -0.2) is 52.5 Å². The molecule has 1 aromatic heterocycles. The van der Waals surface area contributed by atoms with Crippen LogP contribution in [0.4, 0.5) is 13.6 Å². The Balaban J connectivity index is 1.65. The molecule has 0 aliphatic carbocycles. The summed E-state index contributed by atoms with van der Waals surface area (Å²) in [5.74, 6) is -4.38. The van der Waals surface area contributed by atoms with Gasteiger partial charge in [0.15, 0.2) is 0 Å². The number of hydrogen-bond acceptors (Lipinski definition) is 5. The molecule has 1 unspecified atom stereocenters. The zero-order valence-electron chi connectivity index (χ0n) is 19.1. The maximum absolute atomic E-state index is 14.9. The van der Waals surface area contributed by atoms with Gasteiger partial charge in [0.1, 0.15) is 11.0 Å². The fourth-order valence-electron chi connectivity index (χ4n) is 3.78. The number of rotatable bonds is 10. The Hall–Kier alpha value is -2.78. The molecule has 2 aromatic rings. The molecule has 1 aliphatic heterocycles. The van der Waals surface area contributed by atoms with E-state index in [1.54, 1.807) is 24.3 Å². The number of halogens is 2. The Morgan fingerprint density at radius 3 is 2.76 bits per heavy atom. The summed E-state index contributed by atoms with van der Waals surface area (Å²) in [7, 11) is 0. The SMILES string of the molecule is CC(C)c1cccc(C(F)(F)C(O)C=C[C@H]2CCOC(=O)N2CCCc2ccc(C(=O)O)s2)c1. The van der Waals surface area contributed by atoms with Crippen molar-refractivity contribution in [2.45, 2.75) is 57.1 Å². The van der Waals surface area contributed by atoms with E-state index in [1.165, 1.54) is 34.4 Å². The van der Waals surface area contributed by atoms with Crippen LogP contribution in [0.5, 0.6) is 0 Å². The number of aliphatic hydroxyl groups is 1. The molecule has 9 heteroatoms. The first-order valence-electron chi connectivity index (χ1n) is 11.2. The number of aryl methyl sites for hydroxylation is 1. The van der Waals surface area contributed by atoms with Crippen molar-refractivity contribution in [2.24, 2.45) is 0 Å². The minimum absolute atomic E-state index is 0.0788. The van der Waals surface area contributed by atoms with Crippen molar-refractivity contribution >= 4 is 23.4 Å². The summed E-state index contributed by atoms with van der Waals surface area (Å²) in [6.07, 6.45) is 1.46. The fraction of sp³-hybridized carbons (Fsp3) is 0.440. The van der Waals surface area contributed by atoms with Gasteiger partial charge in [-0.2, -0.15) is 8.78 Å². The molecule has 6 nitrogen and oxygen atoms in total. The van der Waals surface area contributed by atoms with E-state index in [-0.39, 0.29) is 23.0 Å². The van der Waals surface area contributed by atoms with Gasteiger partial charge in [0.2, 0.25) is 0 Å². The molecule has 1 aliphatic rings. The molecular formula is C25H29F2NO5S. The van der Waals surface area contributed by atoms with E-state index in [4.69, 9.17) is 9.84 Å². The Morgan fingerprint density at radius 2 is 2.09 bits per heavy atom. The molecule has 0 bridgehead atoms. The average Bonchev–Trinajstić information content (AvgIpc) is 3.28. The number of benzene rings is 1. The maximum Gasteiger partial charge on any atom is 0.410 e. The van der Waals surface area contributed by atoms with Crippen LogP contribution in [-0.2, 0) is 17.1 Å². The van der Waals surface area contributed by atoms with Crippen molar-refractivity contribution in [3.8, 4) is 0 Å². The minimum atomic E-state index is -3.48. The predicted octanol–water partition coefficient (Wildman–Crippen LogP) is 5.42. The molecule has 1 saturated heterocycles. The van der Waals surface area contributed by atoms with E-state index >= 15 is 0 Å². The van der Waals surface area contributed by atoms with Crippen molar-refractivity contribution in [2.75, 3.05) is 13.2 Å². The van der Waals surface area contributed by atoms with Gasteiger partial charge in [0.05, 0.1) is 12.6 Å². The summed E-state index contributed by atoms with van der Waals surface area (Å²) < 4.78 is 35.0. The molecule has 3 rings (SSSR count). The Bertz CT molecular complexity index is 1040. The van der Waals surface area contributed by atoms with Gasteiger partial charge < -0.3 is 19.8 Å². The van der Waals surface area contributed by atoms with Crippen molar-refractivity contribution in [1.82, 2.24) is 4.90 Å². The van der Waals surface area contributed by atoms with Crippen molar-refractivity contribution < 1.29 is 33.3 Å². The number of cyclic esters (lactones) is 1. The molecule has 2 N–H and O–H groups in total. The van der Waals surface area contributed by atoms with Crippen molar-refractivity contribution in [1.29, 1.82) is 0 Å². The lowest BCUT2D eigenvalue weighted by atomic mass is 9.95. The lowest BCUT2D eigenvalue weighted by Crippen LogP contribution is -2.45. The second-order valence-electron chi connectivity index (χ2n) is 8.57. The molecular weight excluding hydrogens is 464 g/mol. The molecule has 2 atom stereocenters. The number of alkyl halides is 2. The molecule has 1 aromatic carbocycles. The largest absolute Gasteiger partial charge is 0.477 e. The monoisotopic (exact) mass is 493 g/mol. The smallest absolute Gasteiger partial charge is 0.410 e. The highest BCUT2D eigenvalue weighted by atomic mass is 32.1. The summed E-state index contributed by atoms with van der Waals surface area (Å²) in [5, 5.41) is 19.3. The van der Waals surface area contributed by atoms with Crippen molar-refractivity contribution in [3.63, 3.8) is 0 Å². The van der Waals surface area contributed by atoms with Gasteiger partial charge in [-0.25, -0.2) is 9.59 Å². The second kappa shape index (κ2) is 11.1. The number of nitrogens with zero attached hydrogens (tertiary/aromatic N) is 1. The number of aliphatic hydroxyl groups excluding tert-OH is 1. The summed E-state index contributed by atoms with van der Waals surface area (Å²) in [4.78, 5) is 25.9. The first-order chi connectivity index (χ1) is 16.1. The van der Waals surface area contributed by atoms with Gasteiger partial charge in [-0.05, 0) is 42.5 Å². The summed E-state index contributed by atoms with van der Waals surface area (Å²) in [6, 6.07) is 8.85. The molecule has 1 fully saturated rings. The van der Waals surface area contributed by atoms with Crippen LogP contribution < -0.4 is 0 Å². The Labute approximate surface area is 201 Å². The van der Waals surface area contributed by atoms with Gasteiger partial charge in [-0.3, -0.25) is 0 Å². The Morgan fingerprint density at radius 1 is 1.32 bits per heavy atom. The average molecular weight is 494 g/mol. The van der Waals surface area contributed by atoms with Crippen LogP contribution in [0.1, 0.15) is 58.3 Å². The van der Waals surface area contributed by atoms with Gasteiger partial charge in [0.25, 0.3) is 0 Å². The number of aromatic carboxylic acids is 1. The zero-order chi connectivity index (χ0) is 24.9. The number of carbonyl (C=O) groups is 2. The van der Waals surface area contributed by atoms with Crippen LogP contribution in [0, 0.1) is 0 Å². The van der Waals surface area contributed by atoms with Crippen LogP contribution in [0.15, 0.2) is 48.6 Å². The van der Waals surface area contributed by atoms with E-state index in [9.17, 15) is 23.5 Å². The third-order valence-electron chi connectivity index (χ3n) is 5.79. The third kappa shape index (κ3) is 6.21. The number of amides is 1. The van der Waals surface area contributed by atoms with E-state index in [0.29, 0.717) is 25.8 Å². The predicted molar refractivity (Wildman–Crippen MR) is 126 cm³/mol. The lowest BCUT2D eigenvalue weighted by Gasteiger charge is -2.33. The second-order valence-corrected chi connectivity index (χ2v) is 9.74. The van der Waals surface area contributed by atoms with Crippen molar-refractivity contribution in [3.05, 3.63) is 69.4 Å². The van der Waals surface area contributed by atoms with Crippen LogP contribution >= 0.6 is 11.3 Å². The highest BCUT2D eigenvalue weighted by molar-refractivity contribution is 7.13. The van der Waals surface area contributed by atoms with E-state index < -0.39 is 30.1 Å².